The summed E-state index contributed by atoms with van der Waals surface area (Å²) in [5.41, 5.74) is 12.2. The summed E-state index contributed by atoms with van der Waals surface area (Å²) in [6, 6.07) is -0.424. The SMILES string of the molecule is N=NC(C=NCCCCC(N)=O)CCC(=O)NCCOCCOCCOCCO. The van der Waals surface area contributed by atoms with E-state index in [9.17, 15) is 9.59 Å². The van der Waals surface area contributed by atoms with Crippen molar-refractivity contribution >= 4 is 18.0 Å². The van der Waals surface area contributed by atoms with Gasteiger partial charge in [0.25, 0.3) is 0 Å². The summed E-state index contributed by atoms with van der Waals surface area (Å²) < 4.78 is 15.7. The van der Waals surface area contributed by atoms with Gasteiger partial charge in [0, 0.05) is 32.1 Å². The third-order valence-corrected chi connectivity index (χ3v) is 3.62. The number of aliphatic hydroxyl groups excluding tert-OH is 1. The molecule has 0 aliphatic carbocycles. The second-order valence-electron chi connectivity index (χ2n) is 6.12. The van der Waals surface area contributed by atoms with Crippen molar-refractivity contribution in [2.75, 3.05) is 59.3 Å². The van der Waals surface area contributed by atoms with E-state index in [2.05, 4.69) is 15.4 Å². The zero-order chi connectivity index (χ0) is 21.6. The van der Waals surface area contributed by atoms with Gasteiger partial charge in [-0.2, -0.15) is 5.11 Å². The fourth-order valence-corrected chi connectivity index (χ4v) is 2.11. The Morgan fingerprint density at radius 1 is 1.03 bits per heavy atom. The van der Waals surface area contributed by atoms with Crippen LogP contribution in [0.15, 0.2) is 10.1 Å². The predicted molar refractivity (Wildman–Crippen MR) is 107 cm³/mol. The molecule has 1 unspecified atom stereocenters. The Balaban J connectivity index is 3.56. The van der Waals surface area contributed by atoms with E-state index in [4.69, 9.17) is 30.6 Å². The molecule has 0 bridgehead atoms. The largest absolute Gasteiger partial charge is 0.394 e. The van der Waals surface area contributed by atoms with Gasteiger partial charge in [-0.05, 0) is 19.3 Å². The van der Waals surface area contributed by atoms with E-state index in [0.29, 0.717) is 72.0 Å². The van der Waals surface area contributed by atoms with Crippen LogP contribution in [0.4, 0.5) is 0 Å². The normalized spacial score (nSPS) is 12.2. The highest BCUT2D eigenvalue weighted by molar-refractivity contribution is 5.76. The topological polar surface area (TPSA) is 169 Å². The Morgan fingerprint density at radius 3 is 2.31 bits per heavy atom. The number of nitrogens with two attached hydrogens (primary N) is 1. The van der Waals surface area contributed by atoms with E-state index in [1.165, 1.54) is 0 Å². The third-order valence-electron chi connectivity index (χ3n) is 3.62. The number of nitrogens with zero attached hydrogens (tertiary/aromatic N) is 2. The molecule has 0 aromatic rings. The van der Waals surface area contributed by atoms with E-state index >= 15 is 0 Å². The molecule has 11 heteroatoms. The Bertz CT molecular complexity index is 464. The summed E-state index contributed by atoms with van der Waals surface area (Å²) in [4.78, 5) is 26.6. The Kier molecular flexibility index (Phi) is 19.4. The lowest BCUT2D eigenvalue weighted by atomic mass is 10.2. The van der Waals surface area contributed by atoms with Gasteiger partial charge in [0.05, 0.1) is 46.2 Å². The molecular formula is C18H35N5O6. The van der Waals surface area contributed by atoms with Crippen molar-refractivity contribution < 1.29 is 28.9 Å². The van der Waals surface area contributed by atoms with Gasteiger partial charge in [0.15, 0.2) is 0 Å². The third kappa shape index (κ3) is 20.6. The minimum absolute atomic E-state index is 0.000634. The van der Waals surface area contributed by atoms with Crippen molar-refractivity contribution in [1.29, 1.82) is 5.53 Å². The summed E-state index contributed by atoms with van der Waals surface area (Å²) in [6.07, 6.45) is 4.00. The summed E-state index contributed by atoms with van der Waals surface area (Å²) in [7, 11) is 0. The molecule has 29 heavy (non-hydrogen) atoms. The molecule has 0 heterocycles. The van der Waals surface area contributed by atoms with Crippen molar-refractivity contribution in [3.63, 3.8) is 0 Å². The van der Waals surface area contributed by atoms with Crippen LogP contribution in [0, 0.1) is 5.53 Å². The van der Waals surface area contributed by atoms with E-state index in [1.54, 1.807) is 6.21 Å². The number of carbonyl (C=O) groups excluding carboxylic acids is 2. The molecule has 2 amide bonds. The molecule has 0 fully saturated rings. The standard InChI is InChI=1S/C18H35N5O6/c19-17(25)3-1-2-6-21-15-16(23-20)4-5-18(26)22-7-9-27-11-13-29-14-12-28-10-8-24/h15-16,20,24H,1-14H2,(H2,19,25)(H,22,26). The molecule has 0 aromatic carbocycles. The predicted octanol–water partition coefficient (Wildman–Crippen LogP) is 0.0509. The van der Waals surface area contributed by atoms with Crippen LogP contribution in [0.1, 0.15) is 32.1 Å². The highest BCUT2D eigenvalue weighted by Crippen LogP contribution is 2.01. The first-order valence-electron chi connectivity index (χ1n) is 9.85. The minimum Gasteiger partial charge on any atom is -0.394 e. The van der Waals surface area contributed by atoms with Gasteiger partial charge in [-0.15, -0.1) is 0 Å². The first kappa shape index (κ1) is 27.0. The first-order chi connectivity index (χ1) is 14.1. The number of hydrogen-bond donors (Lipinski definition) is 4. The minimum atomic E-state index is -0.424. The number of rotatable bonds is 21. The molecule has 0 aliphatic heterocycles. The monoisotopic (exact) mass is 417 g/mol. The van der Waals surface area contributed by atoms with Crippen LogP contribution in [-0.4, -0.2) is 88.5 Å². The Labute approximate surface area is 171 Å². The van der Waals surface area contributed by atoms with Crippen LogP contribution < -0.4 is 11.1 Å². The number of primary amides is 1. The van der Waals surface area contributed by atoms with Crippen LogP contribution in [0.5, 0.6) is 0 Å². The fourth-order valence-electron chi connectivity index (χ4n) is 2.11. The second kappa shape index (κ2) is 20.8. The maximum atomic E-state index is 11.8. The van der Waals surface area contributed by atoms with Crippen molar-refractivity contribution in [2.45, 2.75) is 38.1 Å². The highest BCUT2D eigenvalue weighted by atomic mass is 16.5. The molecule has 0 rings (SSSR count). The fraction of sp³-hybridized carbons (Fsp3) is 0.833. The Hall–Kier alpha value is -1.95. The van der Waals surface area contributed by atoms with Crippen molar-refractivity contribution in [1.82, 2.24) is 5.32 Å². The van der Waals surface area contributed by atoms with E-state index < -0.39 is 6.04 Å². The van der Waals surface area contributed by atoms with Gasteiger partial charge in [-0.3, -0.25) is 14.6 Å². The number of ether oxygens (including phenoxy) is 3. The molecule has 11 nitrogen and oxygen atoms in total. The maximum absolute atomic E-state index is 11.8. The number of hydrogen-bond acceptors (Lipinski definition) is 9. The van der Waals surface area contributed by atoms with E-state index in [1.807, 2.05) is 0 Å². The quantitative estimate of drug-likeness (QED) is 0.117. The van der Waals surface area contributed by atoms with Gasteiger partial charge < -0.3 is 30.4 Å². The van der Waals surface area contributed by atoms with Gasteiger partial charge in [-0.1, -0.05) is 0 Å². The van der Waals surface area contributed by atoms with Crippen LogP contribution in [0.2, 0.25) is 0 Å². The van der Waals surface area contributed by atoms with Crippen molar-refractivity contribution in [3.8, 4) is 0 Å². The summed E-state index contributed by atoms with van der Waals surface area (Å²) in [6.45, 7) is 3.37. The summed E-state index contributed by atoms with van der Waals surface area (Å²) in [5.74, 6) is -0.451. The lowest BCUT2D eigenvalue weighted by Gasteiger charge is -2.08. The molecule has 0 aliphatic rings. The number of nitrogens with one attached hydrogen (secondary N) is 2. The zero-order valence-electron chi connectivity index (χ0n) is 17.0. The molecule has 0 saturated carbocycles. The van der Waals surface area contributed by atoms with Crippen LogP contribution in [-0.2, 0) is 23.8 Å². The van der Waals surface area contributed by atoms with Gasteiger partial charge in [0.1, 0.15) is 6.04 Å². The molecule has 168 valence electrons. The van der Waals surface area contributed by atoms with E-state index in [-0.39, 0.29) is 24.8 Å². The average molecular weight is 418 g/mol. The maximum Gasteiger partial charge on any atom is 0.220 e. The Morgan fingerprint density at radius 2 is 1.69 bits per heavy atom. The lowest BCUT2D eigenvalue weighted by molar-refractivity contribution is -0.121. The lowest BCUT2D eigenvalue weighted by Crippen LogP contribution is -2.28. The van der Waals surface area contributed by atoms with Crippen LogP contribution >= 0.6 is 0 Å². The van der Waals surface area contributed by atoms with Gasteiger partial charge >= 0.3 is 0 Å². The van der Waals surface area contributed by atoms with E-state index in [0.717, 1.165) is 6.42 Å². The molecule has 0 spiro atoms. The summed E-state index contributed by atoms with van der Waals surface area (Å²) in [5, 5.41) is 14.7. The van der Waals surface area contributed by atoms with Crippen LogP contribution in [0.3, 0.4) is 0 Å². The number of amides is 2. The molecular weight excluding hydrogens is 382 g/mol. The summed E-state index contributed by atoms with van der Waals surface area (Å²) >= 11 is 0. The number of unbranched alkanes of at least 4 members (excludes halogenated alkanes) is 1. The smallest absolute Gasteiger partial charge is 0.220 e. The number of carbonyl (C=O) groups is 2. The average Bonchev–Trinajstić information content (AvgIpc) is 2.70. The highest BCUT2D eigenvalue weighted by Gasteiger charge is 2.07. The number of aliphatic imine (C=N–C) groups is 1. The molecule has 0 radical (unpaired) electrons. The first-order valence-corrected chi connectivity index (χ1v) is 9.85. The molecule has 0 aromatic heterocycles. The van der Waals surface area contributed by atoms with Gasteiger partial charge in [0.2, 0.25) is 11.8 Å². The molecule has 5 N–H and O–H groups in total. The molecule has 1 atom stereocenters. The van der Waals surface area contributed by atoms with Gasteiger partial charge in [-0.25, -0.2) is 5.53 Å². The van der Waals surface area contributed by atoms with Crippen molar-refractivity contribution in [3.05, 3.63) is 0 Å². The number of aliphatic hydroxyl groups is 1. The second-order valence-corrected chi connectivity index (χ2v) is 6.12. The zero-order valence-corrected chi connectivity index (χ0v) is 17.0. The molecule has 0 saturated heterocycles. The van der Waals surface area contributed by atoms with Crippen molar-refractivity contribution in [2.24, 2.45) is 15.8 Å². The van der Waals surface area contributed by atoms with Crippen LogP contribution in [0.25, 0.3) is 0 Å².